The van der Waals surface area contributed by atoms with Crippen LogP contribution in [0.25, 0.3) is 0 Å². The highest BCUT2D eigenvalue weighted by atomic mass is 32.2. The van der Waals surface area contributed by atoms with E-state index in [1.807, 2.05) is 11.8 Å². The van der Waals surface area contributed by atoms with Gasteiger partial charge in [-0.1, -0.05) is 6.92 Å². The van der Waals surface area contributed by atoms with Gasteiger partial charge >= 0.3 is 0 Å². The van der Waals surface area contributed by atoms with Crippen LogP contribution < -0.4 is 5.32 Å². The van der Waals surface area contributed by atoms with Gasteiger partial charge in [-0.2, -0.15) is 11.8 Å². The third-order valence-electron chi connectivity index (χ3n) is 1.68. The molecule has 3 nitrogen and oxygen atoms in total. The fourth-order valence-electron chi connectivity index (χ4n) is 0.926. The third kappa shape index (κ3) is 8.56. The lowest BCUT2D eigenvalue weighted by molar-refractivity contribution is -0.0986. The Morgan fingerprint density at radius 1 is 1.31 bits per heavy atom. The van der Waals surface area contributed by atoms with E-state index in [0.29, 0.717) is 0 Å². The maximum absolute atomic E-state index is 5.04. The fourth-order valence-corrected chi connectivity index (χ4v) is 1.56. The molecule has 0 fully saturated rings. The van der Waals surface area contributed by atoms with Crippen LogP contribution in [0.2, 0.25) is 0 Å². The summed E-state index contributed by atoms with van der Waals surface area (Å²) in [5.41, 5.74) is 0. The second-order valence-corrected chi connectivity index (χ2v) is 4.05. The van der Waals surface area contributed by atoms with Crippen LogP contribution in [-0.2, 0) is 9.47 Å². The van der Waals surface area contributed by atoms with Gasteiger partial charge in [0, 0.05) is 20.8 Å². The van der Waals surface area contributed by atoms with Crippen LogP contribution in [0.4, 0.5) is 0 Å². The van der Waals surface area contributed by atoms with Gasteiger partial charge < -0.3 is 14.8 Å². The van der Waals surface area contributed by atoms with E-state index in [1.165, 1.54) is 17.9 Å². The highest BCUT2D eigenvalue weighted by Gasteiger charge is 2.02. The highest BCUT2D eigenvalue weighted by Crippen LogP contribution is 1.99. The molecule has 0 atom stereocenters. The zero-order valence-electron chi connectivity index (χ0n) is 8.84. The predicted octanol–water partition coefficient (Wildman–Crippen LogP) is 1.34. The van der Waals surface area contributed by atoms with Gasteiger partial charge in [0.05, 0.1) is 0 Å². The molecule has 0 amide bonds. The standard InChI is InChI=1S/C9H21NO2S/c1-4-13-7-5-6-10-8-9(11-2)12-3/h9-10H,4-8H2,1-3H3. The van der Waals surface area contributed by atoms with Crippen molar-refractivity contribution in [1.82, 2.24) is 5.32 Å². The Balaban J connectivity index is 3.05. The number of rotatable bonds is 9. The third-order valence-corrected chi connectivity index (χ3v) is 2.67. The van der Waals surface area contributed by atoms with Crippen molar-refractivity contribution >= 4 is 11.8 Å². The molecule has 0 aromatic carbocycles. The molecule has 0 aliphatic rings. The maximum Gasteiger partial charge on any atom is 0.169 e. The van der Waals surface area contributed by atoms with Crippen molar-refractivity contribution in [2.75, 3.05) is 38.8 Å². The number of hydrogen-bond donors (Lipinski definition) is 1. The average Bonchev–Trinajstić information content (AvgIpc) is 2.17. The van der Waals surface area contributed by atoms with Gasteiger partial charge in [0.1, 0.15) is 0 Å². The van der Waals surface area contributed by atoms with Crippen LogP contribution in [0.5, 0.6) is 0 Å². The summed E-state index contributed by atoms with van der Waals surface area (Å²) in [4.78, 5) is 0. The van der Waals surface area contributed by atoms with Crippen molar-refractivity contribution in [3.05, 3.63) is 0 Å². The summed E-state index contributed by atoms with van der Waals surface area (Å²) in [5.74, 6) is 2.44. The van der Waals surface area contributed by atoms with E-state index in [2.05, 4.69) is 12.2 Å². The molecule has 13 heavy (non-hydrogen) atoms. The van der Waals surface area contributed by atoms with Crippen molar-refractivity contribution < 1.29 is 9.47 Å². The molecule has 0 spiro atoms. The van der Waals surface area contributed by atoms with Crippen LogP contribution in [0.1, 0.15) is 13.3 Å². The average molecular weight is 207 g/mol. The minimum atomic E-state index is -0.112. The van der Waals surface area contributed by atoms with E-state index >= 15 is 0 Å². The summed E-state index contributed by atoms with van der Waals surface area (Å²) < 4.78 is 10.1. The zero-order chi connectivity index (χ0) is 9.94. The van der Waals surface area contributed by atoms with Crippen molar-refractivity contribution in [1.29, 1.82) is 0 Å². The molecule has 80 valence electrons. The molecule has 0 unspecified atom stereocenters. The van der Waals surface area contributed by atoms with Crippen LogP contribution in [0, 0.1) is 0 Å². The molecule has 1 N–H and O–H groups in total. The summed E-state index contributed by atoms with van der Waals surface area (Å²) >= 11 is 1.98. The first-order valence-electron chi connectivity index (χ1n) is 4.69. The number of thioether (sulfide) groups is 1. The van der Waals surface area contributed by atoms with E-state index in [0.717, 1.165) is 13.1 Å². The normalized spacial score (nSPS) is 11.1. The topological polar surface area (TPSA) is 30.5 Å². The van der Waals surface area contributed by atoms with Crippen LogP contribution in [0.3, 0.4) is 0 Å². The minimum Gasteiger partial charge on any atom is -0.355 e. The minimum absolute atomic E-state index is 0.112. The molecule has 0 heterocycles. The molecule has 0 aromatic heterocycles. The van der Waals surface area contributed by atoms with E-state index in [1.54, 1.807) is 14.2 Å². The van der Waals surface area contributed by atoms with Gasteiger partial charge in [0.2, 0.25) is 0 Å². The van der Waals surface area contributed by atoms with Gasteiger partial charge in [-0.25, -0.2) is 0 Å². The van der Waals surface area contributed by atoms with E-state index in [9.17, 15) is 0 Å². The van der Waals surface area contributed by atoms with Crippen LogP contribution in [-0.4, -0.2) is 45.1 Å². The van der Waals surface area contributed by atoms with Crippen molar-refractivity contribution in [3.8, 4) is 0 Å². The monoisotopic (exact) mass is 207 g/mol. The Hall–Kier alpha value is 0.230. The summed E-state index contributed by atoms with van der Waals surface area (Å²) in [6.45, 7) is 3.99. The smallest absolute Gasteiger partial charge is 0.169 e. The van der Waals surface area contributed by atoms with Gasteiger partial charge in [-0.3, -0.25) is 0 Å². The molecular formula is C9H21NO2S. The lowest BCUT2D eigenvalue weighted by Gasteiger charge is -2.13. The largest absolute Gasteiger partial charge is 0.355 e. The first kappa shape index (κ1) is 13.2. The van der Waals surface area contributed by atoms with E-state index in [-0.39, 0.29) is 6.29 Å². The zero-order valence-corrected chi connectivity index (χ0v) is 9.65. The number of ether oxygens (including phenoxy) is 2. The summed E-state index contributed by atoms with van der Waals surface area (Å²) in [7, 11) is 3.31. The van der Waals surface area contributed by atoms with E-state index < -0.39 is 0 Å². The molecule has 0 radical (unpaired) electrons. The number of nitrogens with one attached hydrogen (secondary N) is 1. The summed E-state index contributed by atoms with van der Waals surface area (Å²) in [5, 5.41) is 3.28. The second-order valence-electron chi connectivity index (χ2n) is 2.66. The molecule has 0 saturated carbocycles. The summed E-state index contributed by atoms with van der Waals surface area (Å²) in [6, 6.07) is 0. The maximum atomic E-state index is 5.04. The fraction of sp³-hybridized carbons (Fsp3) is 1.00. The number of hydrogen-bond acceptors (Lipinski definition) is 4. The van der Waals surface area contributed by atoms with Crippen molar-refractivity contribution in [2.45, 2.75) is 19.6 Å². The Bertz CT molecular complexity index is 99.6. The molecular weight excluding hydrogens is 186 g/mol. The number of methoxy groups -OCH3 is 2. The van der Waals surface area contributed by atoms with Crippen LogP contribution >= 0.6 is 11.8 Å². The Labute approximate surface area is 85.6 Å². The molecule has 0 aromatic rings. The Morgan fingerprint density at radius 3 is 2.54 bits per heavy atom. The second kappa shape index (κ2) is 10.3. The van der Waals surface area contributed by atoms with E-state index in [4.69, 9.17) is 9.47 Å². The van der Waals surface area contributed by atoms with Gasteiger partial charge in [-0.05, 0) is 24.5 Å². The highest BCUT2D eigenvalue weighted by molar-refractivity contribution is 7.99. The van der Waals surface area contributed by atoms with Crippen LogP contribution in [0.15, 0.2) is 0 Å². The molecule has 4 heteroatoms. The molecule has 0 rings (SSSR count). The SMILES string of the molecule is CCSCCCNCC(OC)OC. The quantitative estimate of drug-likeness (QED) is 0.456. The Kier molecular flexibility index (Phi) is 10.5. The first-order valence-corrected chi connectivity index (χ1v) is 5.84. The van der Waals surface area contributed by atoms with Gasteiger partial charge in [0.25, 0.3) is 0 Å². The molecule has 0 saturated heterocycles. The molecule has 0 bridgehead atoms. The predicted molar refractivity (Wildman–Crippen MR) is 58.3 cm³/mol. The van der Waals surface area contributed by atoms with Gasteiger partial charge in [-0.15, -0.1) is 0 Å². The summed E-state index contributed by atoms with van der Waals surface area (Å²) in [6.07, 6.45) is 1.09. The van der Waals surface area contributed by atoms with Crippen molar-refractivity contribution in [3.63, 3.8) is 0 Å². The first-order chi connectivity index (χ1) is 6.35. The lowest BCUT2D eigenvalue weighted by atomic mass is 10.4. The molecule has 0 aliphatic carbocycles. The lowest BCUT2D eigenvalue weighted by Crippen LogP contribution is -2.30. The van der Waals surface area contributed by atoms with Crippen molar-refractivity contribution in [2.24, 2.45) is 0 Å². The molecule has 0 aliphatic heterocycles. The van der Waals surface area contributed by atoms with Gasteiger partial charge in [0.15, 0.2) is 6.29 Å². The Morgan fingerprint density at radius 2 is 2.00 bits per heavy atom.